The van der Waals surface area contributed by atoms with Gasteiger partial charge in [-0.1, -0.05) is 6.07 Å². The van der Waals surface area contributed by atoms with Crippen LogP contribution in [0.25, 0.3) is 0 Å². The summed E-state index contributed by atoms with van der Waals surface area (Å²) in [7, 11) is 0. The van der Waals surface area contributed by atoms with Crippen LogP contribution in [0.2, 0.25) is 0 Å². The molecule has 108 valence electrons. The Morgan fingerprint density at radius 1 is 1.63 bits per heavy atom. The first-order valence-corrected chi connectivity index (χ1v) is 7.62. The summed E-state index contributed by atoms with van der Waals surface area (Å²) in [6.45, 7) is 7.78. The summed E-state index contributed by atoms with van der Waals surface area (Å²) in [5.74, 6) is 0. The average Bonchev–Trinajstić information content (AvgIpc) is 2.80. The number of nitrogens with two attached hydrogens (primary N) is 1. The van der Waals surface area contributed by atoms with E-state index < -0.39 is 0 Å². The van der Waals surface area contributed by atoms with Crippen LogP contribution in [0, 0.1) is 0 Å². The molecule has 0 saturated carbocycles. The van der Waals surface area contributed by atoms with Gasteiger partial charge in [-0.25, -0.2) is 0 Å². The predicted octanol–water partition coefficient (Wildman–Crippen LogP) is 1.61. The molecule has 1 aromatic rings. The van der Waals surface area contributed by atoms with Crippen molar-refractivity contribution >= 4 is 11.3 Å². The molecule has 4 nitrogen and oxygen atoms in total. The fourth-order valence-corrected chi connectivity index (χ4v) is 3.85. The second kappa shape index (κ2) is 5.89. The van der Waals surface area contributed by atoms with E-state index in [9.17, 15) is 5.11 Å². The van der Waals surface area contributed by atoms with E-state index in [0.717, 1.165) is 13.1 Å². The van der Waals surface area contributed by atoms with Crippen molar-refractivity contribution in [2.24, 2.45) is 5.73 Å². The Morgan fingerprint density at radius 2 is 2.37 bits per heavy atom. The summed E-state index contributed by atoms with van der Waals surface area (Å²) in [4.78, 5) is 3.63. The predicted molar refractivity (Wildman–Crippen MR) is 78.3 cm³/mol. The van der Waals surface area contributed by atoms with Crippen LogP contribution in [0.4, 0.5) is 0 Å². The Kier molecular flexibility index (Phi) is 4.63. The molecule has 0 amide bonds. The number of morpholine rings is 1. The van der Waals surface area contributed by atoms with E-state index in [2.05, 4.69) is 36.3 Å². The van der Waals surface area contributed by atoms with Gasteiger partial charge in [0.1, 0.15) is 0 Å². The number of aliphatic hydroxyl groups excluding tert-OH is 1. The summed E-state index contributed by atoms with van der Waals surface area (Å²) >= 11 is 1.74. The largest absolute Gasteiger partial charge is 0.394 e. The zero-order valence-corrected chi connectivity index (χ0v) is 12.7. The number of hydrogen-bond acceptors (Lipinski definition) is 5. The molecule has 5 heteroatoms. The minimum atomic E-state index is -0.254. The van der Waals surface area contributed by atoms with Gasteiger partial charge < -0.3 is 15.6 Å². The Bertz CT molecular complexity index is 392. The van der Waals surface area contributed by atoms with Crippen molar-refractivity contribution in [1.29, 1.82) is 0 Å². The maximum Gasteiger partial charge on any atom is 0.0940 e. The minimum Gasteiger partial charge on any atom is -0.394 e. The van der Waals surface area contributed by atoms with E-state index in [1.165, 1.54) is 4.88 Å². The lowest BCUT2D eigenvalue weighted by atomic mass is 9.99. The Balaban J connectivity index is 2.21. The molecular formula is C14H24N2O2S. The molecule has 1 saturated heterocycles. The van der Waals surface area contributed by atoms with Crippen LogP contribution in [0.3, 0.4) is 0 Å². The van der Waals surface area contributed by atoms with E-state index in [1.54, 1.807) is 11.3 Å². The van der Waals surface area contributed by atoms with E-state index in [1.807, 2.05) is 6.92 Å². The van der Waals surface area contributed by atoms with Gasteiger partial charge in [0.15, 0.2) is 0 Å². The van der Waals surface area contributed by atoms with E-state index in [0.29, 0.717) is 0 Å². The normalized spacial score (nSPS) is 27.1. The molecule has 2 heterocycles. The van der Waals surface area contributed by atoms with Gasteiger partial charge in [-0.15, -0.1) is 11.3 Å². The first kappa shape index (κ1) is 14.9. The van der Waals surface area contributed by atoms with Crippen LogP contribution < -0.4 is 5.73 Å². The van der Waals surface area contributed by atoms with Gasteiger partial charge in [0.05, 0.1) is 24.4 Å². The van der Waals surface area contributed by atoms with Crippen LogP contribution in [0.15, 0.2) is 17.5 Å². The standard InChI is InChI=1S/C14H24N2O2S/c1-10(15)13(12-5-4-6-19-12)16-7-11(8-17)18-14(2,3)9-16/h4-6,10-11,13,17H,7-9,15H2,1-3H3. The number of aliphatic hydroxyl groups is 1. The fraction of sp³-hybridized carbons (Fsp3) is 0.714. The quantitative estimate of drug-likeness (QED) is 0.882. The molecule has 2 rings (SSSR count). The molecule has 0 aromatic carbocycles. The van der Waals surface area contributed by atoms with Crippen LogP contribution in [-0.4, -0.2) is 47.4 Å². The van der Waals surface area contributed by atoms with Crippen molar-refractivity contribution in [3.8, 4) is 0 Å². The maximum absolute atomic E-state index is 9.41. The van der Waals surface area contributed by atoms with Crippen molar-refractivity contribution in [3.63, 3.8) is 0 Å². The third-order valence-electron chi connectivity index (χ3n) is 3.44. The number of thiophene rings is 1. The molecule has 0 bridgehead atoms. The Hall–Kier alpha value is -0.460. The molecule has 0 spiro atoms. The number of nitrogens with zero attached hydrogens (tertiary/aromatic N) is 1. The molecule has 3 N–H and O–H groups in total. The summed E-state index contributed by atoms with van der Waals surface area (Å²) in [6, 6.07) is 4.43. The maximum atomic E-state index is 9.41. The third kappa shape index (κ3) is 3.55. The molecule has 1 aromatic heterocycles. The van der Waals surface area contributed by atoms with Gasteiger partial charge in [-0.2, -0.15) is 0 Å². The summed E-state index contributed by atoms with van der Waals surface area (Å²) in [5, 5.41) is 11.5. The van der Waals surface area contributed by atoms with E-state index in [4.69, 9.17) is 10.5 Å². The lowest BCUT2D eigenvalue weighted by Gasteiger charge is -2.46. The highest BCUT2D eigenvalue weighted by Gasteiger charge is 2.38. The van der Waals surface area contributed by atoms with Gasteiger partial charge in [0, 0.05) is 24.0 Å². The first-order valence-electron chi connectivity index (χ1n) is 6.74. The SMILES string of the molecule is CC(N)C(c1cccs1)N1CC(CO)OC(C)(C)C1. The molecule has 19 heavy (non-hydrogen) atoms. The van der Waals surface area contributed by atoms with Crippen LogP contribution in [0.1, 0.15) is 31.7 Å². The molecule has 1 fully saturated rings. The van der Waals surface area contributed by atoms with Crippen molar-refractivity contribution in [2.75, 3.05) is 19.7 Å². The van der Waals surface area contributed by atoms with Crippen LogP contribution >= 0.6 is 11.3 Å². The molecule has 3 atom stereocenters. The van der Waals surface area contributed by atoms with Crippen molar-refractivity contribution in [3.05, 3.63) is 22.4 Å². The van der Waals surface area contributed by atoms with Gasteiger partial charge >= 0.3 is 0 Å². The van der Waals surface area contributed by atoms with Gasteiger partial charge in [0.2, 0.25) is 0 Å². The second-order valence-corrected chi connectivity index (χ2v) is 6.91. The third-order valence-corrected chi connectivity index (χ3v) is 4.38. The topological polar surface area (TPSA) is 58.7 Å². The second-order valence-electron chi connectivity index (χ2n) is 5.93. The highest BCUT2D eigenvalue weighted by molar-refractivity contribution is 7.10. The highest BCUT2D eigenvalue weighted by Crippen LogP contribution is 2.32. The van der Waals surface area contributed by atoms with Crippen molar-refractivity contribution < 1.29 is 9.84 Å². The fourth-order valence-electron chi connectivity index (χ4n) is 2.88. The molecule has 3 unspecified atom stereocenters. The zero-order chi connectivity index (χ0) is 14.0. The molecule has 0 radical (unpaired) electrons. The first-order chi connectivity index (χ1) is 8.93. The van der Waals surface area contributed by atoms with E-state index >= 15 is 0 Å². The van der Waals surface area contributed by atoms with Crippen molar-refractivity contribution in [2.45, 2.75) is 44.6 Å². The lowest BCUT2D eigenvalue weighted by molar-refractivity contribution is -0.158. The van der Waals surface area contributed by atoms with E-state index in [-0.39, 0.29) is 30.4 Å². The molecule has 0 aliphatic carbocycles. The zero-order valence-electron chi connectivity index (χ0n) is 11.9. The average molecular weight is 284 g/mol. The summed E-state index contributed by atoms with van der Waals surface area (Å²) < 4.78 is 5.87. The smallest absolute Gasteiger partial charge is 0.0940 e. The van der Waals surface area contributed by atoms with Gasteiger partial charge in [-0.3, -0.25) is 4.90 Å². The summed E-state index contributed by atoms with van der Waals surface area (Å²) in [5.41, 5.74) is 5.94. The molecule has 1 aliphatic rings. The van der Waals surface area contributed by atoms with Crippen molar-refractivity contribution in [1.82, 2.24) is 4.90 Å². The molecule has 1 aliphatic heterocycles. The minimum absolute atomic E-state index is 0.0480. The van der Waals surface area contributed by atoms with Gasteiger partial charge in [0.25, 0.3) is 0 Å². The van der Waals surface area contributed by atoms with Crippen LogP contribution in [-0.2, 0) is 4.74 Å². The van der Waals surface area contributed by atoms with Gasteiger partial charge in [-0.05, 0) is 32.2 Å². The number of hydrogen-bond donors (Lipinski definition) is 2. The van der Waals surface area contributed by atoms with Crippen LogP contribution in [0.5, 0.6) is 0 Å². The highest BCUT2D eigenvalue weighted by atomic mass is 32.1. The lowest BCUT2D eigenvalue weighted by Crippen LogP contribution is -2.56. The summed E-state index contributed by atoms with van der Waals surface area (Å²) in [6.07, 6.45) is -0.134. The monoisotopic (exact) mass is 284 g/mol. The Labute approximate surface area is 119 Å². The molecular weight excluding hydrogens is 260 g/mol. The number of rotatable bonds is 4. The number of ether oxygens (including phenoxy) is 1. The Morgan fingerprint density at radius 3 is 2.89 bits per heavy atom.